The zero-order chi connectivity index (χ0) is 10.4. The Balaban J connectivity index is 2.37. The summed E-state index contributed by atoms with van der Waals surface area (Å²) in [5.41, 5.74) is 0. The van der Waals surface area contributed by atoms with Gasteiger partial charge < -0.3 is 14.8 Å². The summed E-state index contributed by atoms with van der Waals surface area (Å²) >= 11 is 0. The zero-order valence-electron chi connectivity index (χ0n) is 8.92. The van der Waals surface area contributed by atoms with Gasteiger partial charge in [-0.05, 0) is 18.6 Å². The molecule has 0 fully saturated rings. The first-order valence-electron chi connectivity index (χ1n) is 5.22. The Labute approximate surface area is 85.1 Å². The van der Waals surface area contributed by atoms with E-state index in [9.17, 15) is 0 Å². The van der Waals surface area contributed by atoms with E-state index in [1.165, 1.54) is 0 Å². The fourth-order valence-corrected chi connectivity index (χ4v) is 1.29. The molecule has 1 unspecified atom stereocenters. The minimum atomic E-state index is 0.171. The number of hydrogen-bond acceptors (Lipinski definition) is 3. The molecule has 0 aliphatic rings. The molecule has 0 saturated carbocycles. The average Bonchev–Trinajstić information content (AvgIpc) is 2.67. The molecular weight excluding hydrogens is 178 g/mol. The molecule has 80 valence electrons. The van der Waals surface area contributed by atoms with Crippen LogP contribution in [0.4, 0.5) is 0 Å². The third-order valence-corrected chi connectivity index (χ3v) is 2.34. The van der Waals surface area contributed by atoms with E-state index in [0.29, 0.717) is 6.54 Å². The number of rotatable bonds is 6. The lowest BCUT2D eigenvalue weighted by Crippen LogP contribution is -2.30. The van der Waals surface area contributed by atoms with Crippen LogP contribution in [0.15, 0.2) is 16.5 Å². The summed E-state index contributed by atoms with van der Waals surface area (Å²) in [7, 11) is 0. The Morgan fingerprint density at radius 3 is 2.57 bits per heavy atom. The van der Waals surface area contributed by atoms with Gasteiger partial charge >= 0.3 is 0 Å². The van der Waals surface area contributed by atoms with Crippen LogP contribution < -0.4 is 5.32 Å². The molecule has 2 N–H and O–H groups in total. The van der Waals surface area contributed by atoms with Gasteiger partial charge in [0.25, 0.3) is 0 Å². The van der Waals surface area contributed by atoms with Gasteiger partial charge in [-0.3, -0.25) is 0 Å². The Morgan fingerprint density at radius 2 is 2.07 bits per heavy atom. The van der Waals surface area contributed by atoms with E-state index in [-0.39, 0.29) is 12.6 Å². The second kappa shape index (κ2) is 5.83. The van der Waals surface area contributed by atoms with Crippen molar-refractivity contribution in [2.45, 2.75) is 39.3 Å². The van der Waals surface area contributed by atoms with Gasteiger partial charge in [-0.15, -0.1) is 0 Å². The van der Waals surface area contributed by atoms with Gasteiger partial charge in [-0.1, -0.05) is 13.8 Å². The fourth-order valence-electron chi connectivity index (χ4n) is 1.29. The summed E-state index contributed by atoms with van der Waals surface area (Å²) in [6, 6.07) is 4.15. The second-order valence-electron chi connectivity index (χ2n) is 3.39. The molecule has 14 heavy (non-hydrogen) atoms. The third kappa shape index (κ3) is 3.16. The second-order valence-corrected chi connectivity index (χ2v) is 3.39. The predicted molar refractivity (Wildman–Crippen MR) is 56.1 cm³/mol. The van der Waals surface area contributed by atoms with Crippen LogP contribution in [0.1, 0.15) is 31.8 Å². The zero-order valence-corrected chi connectivity index (χ0v) is 8.92. The van der Waals surface area contributed by atoms with Gasteiger partial charge in [0.15, 0.2) is 0 Å². The van der Waals surface area contributed by atoms with Crippen molar-refractivity contribution in [3.8, 4) is 0 Å². The van der Waals surface area contributed by atoms with Crippen LogP contribution in [-0.4, -0.2) is 17.8 Å². The van der Waals surface area contributed by atoms with Crippen molar-refractivity contribution < 1.29 is 9.52 Å². The normalized spacial score (nSPS) is 13.1. The Hall–Kier alpha value is -0.800. The maximum Gasteiger partial charge on any atom is 0.117 e. The molecule has 1 aromatic heterocycles. The average molecular weight is 197 g/mol. The molecule has 1 atom stereocenters. The molecule has 3 heteroatoms. The van der Waals surface area contributed by atoms with Gasteiger partial charge in [0, 0.05) is 12.5 Å². The van der Waals surface area contributed by atoms with Crippen LogP contribution in [-0.2, 0) is 13.0 Å². The number of aliphatic hydroxyl groups excluding tert-OH is 1. The molecule has 0 bridgehead atoms. The molecule has 1 rings (SSSR count). The Morgan fingerprint density at radius 1 is 1.36 bits per heavy atom. The van der Waals surface area contributed by atoms with E-state index in [4.69, 9.17) is 9.52 Å². The summed E-state index contributed by atoms with van der Waals surface area (Å²) in [4.78, 5) is 0. The van der Waals surface area contributed by atoms with Gasteiger partial charge in [0.2, 0.25) is 0 Å². The molecule has 0 amide bonds. The van der Waals surface area contributed by atoms with Crippen molar-refractivity contribution in [2.24, 2.45) is 0 Å². The number of furan rings is 1. The van der Waals surface area contributed by atoms with E-state index in [2.05, 4.69) is 12.2 Å². The van der Waals surface area contributed by atoms with Gasteiger partial charge in [0.05, 0.1) is 13.2 Å². The van der Waals surface area contributed by atoms with Crippen molar-refractivity contribution in [1.29, 1.82) is 0 Å². The van der Waals surface area contributed by atoms with Gasteiger partial charge in [-0.25, -0.2) is 0 Å². The largest absolute Gasteiger partial charge is 0.465 e. The topological polar surface area (TPSA) is 45.4 Å². The highest BCUT2D eigenvalue weighted by molar-refractivity contribution is 5.06. The summed E-state index contributed by atoms with van der Waals surface area (Å²) < 4.78 is 5.53. The molecule has 0 aliphatic heterocycles. The van der Waals surface area contributed by atoms with E-state index in [1.54, 1.807) is 0 Å². The standard InChI is InChI=1S/C11H19NO2/c1-3-9(8-13)12-7-11-6-5-10(4-2)14-11/h5-6,9,12-13H,3-4,7-8H2,1-2H3. The number of nitrogens with one attached hydrogen (secondary N) is 1. The maximum absolute atomic E-state index is 8.96. The first-order valence-corrected chi connectivity index (χ1v) is 5.22. The molecule has 1 heterocycles. The Bertz CT molecular complexity index is 254. The lowest BCUT2D eigenvalue weighted by atomic mass is 10.2. The van der Waals surface area contributed by atoms with Crippen molar-refractivity contribution in [1.82, 2.24) is 5.32 Å². The molecular formula is C11H19NO2. The van der Waals surface area contributed by atoms with Crippen molar-refractivity contribution >= 4 is 0 Å². The van der Waals surface area contributed by atoms with Crippen LogP contribution >= 0.6 is 0 Å². The minimum absolute atomic E-state index is 0.171. The molecule has 1 aromatic rings. The van der Waals surface area contributed by atoms with Crippen LogP contribution in [0.2, 0.25) is 0 Å². The van der Waals surface area contributed by atoms with E-state index < -0.39 is 0 Å². The lowest BCUT2D eigenvalue weighted by molar-refractivity contribution is 0.235. The SMILES string of the molecule is CCc1ccc(CNC(CC)CO)o1. The monoisotopic (exact) mass is 197 g/mol. The van der Waals surface area contributed by atoms with Crippen molar-refractivity contribution in [3.63, 3.8) is 0 Å². The molecule has 0 spiro atoms. The Kier molecular flexibility index (Phi) is 4.70. The maximum atomic E-state index is 8.96. The smallest absolute Gasteiger partial charge is 0.117 e. The van der Waals surface area contributed by atoms with Crippen LogP contribution in [0.25, 0.3) is 0 Å². The molecule has 0 aliphatic carbocycles. The number of aryl methyl sites for hydroxylation is 1. The molecule has 0 radical (unpaired) electrons. The molecule has 3 nitrogen and oxygen atoms in total. The van der Waals surface area contributed by atoms with E-state index in [0.717, 1.165) is 24.4 Å². The van der Waals surface area contributed by atoms with E-state index in [1.807, 2.05) is 19.1 Å². The fraction of sp³-hybridized carbons (Fsp3) is 0.636. The first kappa shape index (κ1) is 11.3. The first-order chi connectivity index (χ1) is 6.80. The van der Waals surface area contributed by atoms with E-state index >= 15 is 0 Å². The van der Waals surface area contributed by atoms with Crippen molar-refractivity contribution in [2.75, 3.05) is 6.61 Å². The summed E-state index contributed by atoms with van der Waals surface area (Å²) in [5, 5.41) is 12.2. The molecule has 0 aromatic carbocycles. The van der Waals surface area contributed by atoms with Crippen LogP contribution in [0, 0.1) is 0 Å². The molecule has 0 saturated heterocycles. The lowest BCUT2D eigenvalue weighted by Gasteiger charge is -2.12. The predicted octanol–water partition coefficient (Wildman–Crippen LogP) is 1.70. The van der Waals surface area contributed by atoms with Crippen LogP contribution in [0.5, 0.6) is 0 Å². The van der Waals surface area contributed by atoms with Crippen molar-refractivity contribution in [3.05, 3.63) is 23.7 Å². The van der Waals surface area contributed by atoms with Gasteiger partial charge in [0.1, 0.15) is 11.5 Å². The highest BCUT2D eigenvalue weighted by Gasteiger charge is 2.05. The minimum Gasteiger partial charge on any atom is -0.465 e. The van der Waals surface area contributed by atoms with Gasteiger partial charge in [-0.2, -0.15) is 0 Å². The van der Waals surface area contributed by atoms with Crippen LogP contribution in [0.3, 0.4) is 0 Å². The third-order valence-electron chi connectivity index (χ3n) is 2.34. The summed E-state index contributed by atoms with van der Waals surface area (Å²) in [6.45, 7) is 4.99. The quantitative estimate of drug-likeness (QED) is 0.729. The number of hydrogen-bond donors (Lipinski definition) is 2. The highest BCUT2D eigenvalue weighted by Crippen LogP contribution is 2.08. The summed E-state index contributed by atoms with van der Waals surface area (Å²) in [5.74, 6) is 1.95. The number of aliphatic hydroxyl groups is 1. The highest BCUT2D eigenvalue weighted by atomic mass is 16.3. The summed E-state index contributed by atoms with van der Waals surface area (Å²) in [6.07, 6.45) is 1.86.